The lowest BCUT2D eigenvalue weighted by atomic mass is 10.2. The minimum atomic E-state index is -4.51. The molecular formula is C82H100F4N21O19P3. The molecule has 6 heterocycles. The Kier molecular flexibility index (Phi) is 38.6. The summed E-state index contributed by atoms with van der Waals surface area (Å²) in [4.78, 5) is 122. The minimum absolute atomic E-state index is 0.00352. The molecule has 0 saturated carbocycles. The fraction of sp³-hybridized carbons (Fsp3) is 0.341. The highest BCUT2D eigenvalue weighted by atomic mass is 31.2. The predicted octanol–water partition coefficient (Wildman–Crippen LogP) is 11.8. The Labute approximate surface area is 737 Å². The van der Waals surface area contributed by atoms with E-state index in [1.807, 2.05) is 55.1 Å². The molecule has 0 unspecified atom stereocenters. The largest absolute Gasteiger partial charge is 0.494 e. The van der Waals surface area contributed by atoms with Gasteiger partial charge in [0.05, 0.1) is 87.7 Å². The summed E-state index contributed by atoms with van der Waals surface area (Å²) < 4.78 is 123. The molecule has 15 N–H and O–H groups in total. The van der Waals surface area contributed by atoms with E-state index in [1.54, 1.807) is 55.6 Å². The van der Waals surface area contributed by atoms with Gasteiger partial charge in [0.15, 0.2) is 29.1 Å². The Morgan fingerprint density at radius 2 is 0.783 bits per heavy atom. The molecule has 0 spiro atoms. The van der Waals surface area contributed by atoms with Crippen LogP contribution in [0.4, 0.5) is 69.5 Å². The van der Waals surface area contributed by atoms with E-state index in [0.717, 1.165) is 74.1 Å². The van der Waals surface area contributed by atoms with Gasteiger partial charge >= 0.3 is 23.5 Å². The highest BCUT2D eigenvalue weighted by molar-refractivity contribution is 7.46. The van der Waals surface area contributed by atoms with Gasteiger partial charge in [-0.2, -0.15) is 15.3 Å². The van der Waals surface area contributed by atoms with Crippen molar-refractivity contribution in [3.8, 4) is 17.2 Å². The Bertz CT molecular complexity index is 5780. The number of ether oxygens (including phenoxy) is 4. The maximum absolute atomic E-state index is 13.8. The lowest BCUT2D eigenvalue weighted by molar-refractivity contribution is -0.116. The molecule has 0 aliphatic heterocycles. The van der Waals surface area contributed by atoms with Crippen LogP contribution in [0.15, 0.2) is 159 Å². The van der Waals surface area contributed by atoms with Crippen LogP contribution < -0.4 is 46.1 Å². The standard InChI is InChI=1S/C28H34F2N7O6P.C27H33FN7O7P.C27H33FN7O6P/c1-2-10-37(12-14-43-44(39,40)41)11-3-4-13-42-20-8-9-21-24(17-20)31-18-32-28(21)34-25-15-19(35-36-25)16-26(38)33-23-7-5-6-22(29)27(23)30;1-40-12-9-35(10-13-42-43(37,38)39)8-3-11-41-22-6-7-23-24(17-22)29-18-30-27(23)32-25-15-21(33-34-25)16-26(36)31-20-5-2-4-19(28)14-20;1-2-35(11-5-13-41-42(37,38)39)10-4-12-40-22-8-9-23-24(17-22)29-18-30-27(23)32-25-15-21(33-34-25)16-26(36)31-20-7-3-6-19(28)14-20/h5-9,15,17-18H,2-4,10-14,16H2,1H3,(H,33,38)(H2,39,40,41)(H2,31,32,34,35,36);2,4-7,14-15,17-18H,3,8-13,16H2,1H3,(H,31,36)(H2,37,38,39)(H2,29,30,32,33,34);3,6-9,14-15,17-18H,2,4-5,10-13,16H2,1H3,(H,31,36)(H2,37,38,39)(H2,29,30,32,33,34). The number of benzene rings is 6. The van der Waals surface area contributed by atoms with Crippen molar-refractivity contribution in [3.05, 3.63) is 199 Å². The van der Waals surface area contributed by atoms with Crippen LogP contribution in [0.3, 0.4) is 0 Å². The van der Waals surface area contributed by atoms with E-state index in [2.05, 4.69) is 116 Å². The smallest absolute Gasteiger partial charge is 0.469 e. The van der Waals surface area contributed by atoms with Gasteiger partial charge in [-0.1, -0.05) is 32.0 Å². The summed E-state index contributed by atoms with van der Waals surface area (Å²) in [7, 11) is -11.8. The lowest BCUT2D eigenvalue weighted by Crippen LogP contribution is -2.32. The fourth-order valence-electron chi connectivity index (χ4n) is 12.7. The van der Waals surface area contributed by atoms with E-state index < -0.39 is 52.6 Å². The maximum Gasteiger partial charge on any atom is 0.469 e. The van der Waals surface area contributed by atoms with Gasteiger partial charge in [-0.05, 0) is 143 Å². The van der Waals surface area contributed by atoms with Crippen LogP contribution in [-0.2, 0) is 65.6 Å². The molecule has 0 bridgehead atoms. The van der Waals surface area contributed by atoms with E-state index in [9.17, 15) is 45.6 Å². The molecule has 0 saturated heterocycles. The number of phosphoric acid groups is 3. The molecule has 0 fully saturated rings. The number of phosphoric ester groups is 3. The van der Waals surface area contributed by atoms with Gasteiger partial charge in [-0.25, -0.2) is 61.2 Å². The molecule has 12 rings (SSSR count). The van der Waals surface area contributed by atoms with Crippen molar-refractivity contribution in [1.29, 1.82) is 0 Å². The molecule has 690 valence electrons. The molecule has 40 nitrogen and oxygen atoms in total. The molecule has 0 atom stereocenters. The molecule has 6 aromatic heterocycles. The van der Waals surface area contributed by atoms with E-state index in [0.29, 0.717) is 169 Å². The van der Waals surface area contributed by atoms with Crippen LogP contribution in [0.25, 0.3) is 32.7 Å². The topological polar surface area (TPSA) is 534 Å². The number of anilines is 9. The first kappa shape index (κ1) is 99.2. The quantitative estimate of drug-likeness (QED) is 0.00956. The number of unbranched alkanes of at least 4 members (excludes halogenated alkanes) is 1. The molecule has 6 aromatic carbocycles. The third-order valence-corrected chi connectivity index (χ3v) is 20.2. The van der Waals surface area contributed by atoms with Gasteiger partial charge in [-0.3, -0.25) is 48.2 Å². The number of rotatable bonds is 50. The Balaban J connectivity index is 0.000000201. The number of nitrogens with zero attached hydrogens (tertiary/aromatic N) is 12. The van der Waals surface area contributed by atoms with Gasteiger partial charge in [0.2, 0.25) is 17.7 Å². The van der Waals surface area contributed by atoms with Crippen LogP contribution >= 0.6 is 23.5 Å². The predicted molar refractivity (Wildman–Crippen MR) is 471 cm³/mol. The lowest BCUT2D eigenvalue weighted by Gasteiger charge is -2.22. The summed E-state index contributed by atoms with van der Waals surface area (Å²) in [6.45, 7) is 11.6. The van der Waals surface area contributed by atoms with Gasteiger partial charge in [-0.15, -0.1) is 0 Å². The van der Waals surface area contributed by atoms with E-state index >= 15 is 0 Å². The molecular weight excluding hydrogens is 1750 g/mol. The molecule has 47 heteroatoms. The van der Waals surface area contributed by atoms with Gasteiger partial charge in [0, 0.05) is 127 Å². The average molecular weight is 1850 g/mol. The van der Waals surface area contributed by atoms with Crippen LogP contribution in [0.1, 0.15) is 69.5 Å². The average Bonchev–Trinajstić information content (AvgIpc) is 1.52. The van der Waals surface area contributed by atoms with Crippen molar-refractivity contribution in [2.75, 3.05) is 144 Å². The summed E-state index contributed by atoms with van der Waals surface area (Å²) in [5, 5.41) is 40.2. The van der Waals surface area contributed by atoms with Gasteiger partial charge < -0.3 is 90.0 Å². The van der Waals surface area contributed by atoms with Crippen molar-refractivity contribution < 1.29 is 108 Å². The van der Waals surface area contributed by atoms with Crippen molar-refractivity contribution in [2.45, 2.75) is 71.6 Å². The number of H-pyrrole nitrogens is 3. The highest BCUT2D eigenvalue weighted by Gasteiger charge is 2.21. The number of amides is 3. The third-order valence-electron chi connectivity index (χ3n) is 18.7. The van der Waals surface area contributed by atoms with Crippen LogP contribution in [0.2, 0.25) is 0 Å². The number of nitrogens with one attached hydrogen (secondary N) is 9. The normalized spacial score (nSPS) is 11.7. The SMILES string of the molecule is CCCN(CCCCOc1ccc2c(Nc3cc(CC(=O)Nc4cccc(F)c4F)[nH]n3)ncnc2c1)CCOP(=O)(O)O.CCN(CCCOc1ccc2c(Nc3cc(CC(=O)Nc4cccc(F)c4)[nH]n3)ncnc2c1)CCCOP(=O)(O)O.COCCN(CCCOc1ccc2c(Nc3cc(CC(=O)Nc4cccc(F)c4)[nH]n3)ncnc2c1)CCOP(=O)(O)O. The monoisotopic (exact) mass is 1850 g/mol. The van der Waals surface area contributed by atoms with E-state index in [-0.39, 0.29) is 56.6 Å². The second-order valence-corrected chi connectivity index (χ2v) is 32.3. The van der Waals surface area contributed by atoms with Crippen LogP contribution in [0, 0.1) is 23.3 Å². The number of aromatic amines is 3. The van der Waals surface area contributed by atoms with Crippen molar-refractivity contribution in [2.24, 2.45) is 0 Å². The zero-order valence-electron chi connectivity index (χ0n) is 70.4. The minimum Gasteiger partial charge on any atom is -0.494 e. The summed E-state index contributed by atoms with van der Waals surface area (Å²) in [5.41, 5.74) is 4.04. The van der Waals surface area contributed by atoms with Crippen molar-refractivity contribution >= 4 is 126 Å². The maximum atomic E-state index is 13.8. The summed E-state index contributed by atoms with van der Waals surface area (Å²) in [5.74, 6) is 0.573. The third kappa shape index (κ3) is 35.2. The molecule has 129 heavy (non-hydrogen) atoms. The second kappa shape index (κ2) is 50.1. The number of fused-ring (bicyclic) bond motifs is 3. The zero-order valence-corrected chi connectivity index (χ0v) is 73.1. The number of carbonyl (C=O) groups excluding carboxylic acids is 3. The van der Waals surface area contributed by atoms with E-state index in [1.165, 1.54) is 67.5 Å². The van der Waals surface area contributed by atoms with Crippen LogP contribution in [0.5, 0.6) is 17.2 Å². The van der Waals surface area contributed by atoms with Gasteiger partial charge in [0.25, 0.3) is 0 Å². The number of methoxy groups -OCH3 is 1. The molecule has 0 aliphatic carbocycles. The summed E-state index contributed by atoms with van der Waals surface area (Å²) >= 11 is 0. The van der Waals surface area contributed by atoms with E-state index in [4.69, 9.17) is 48.3 Å². The molecule has 12 aromatic rings. The number of hydrogen-bond acceptors (Lipinski definition) is 28. The molecule has 3 amide bonds. The number of hydrogen-bond donors (Lipinski definition) is 15. The molecule has 0 radical (unpaired) electrons. The summed E-state index contributed by atoms with van der Waals surface area (Å²) in [6, 6.07) is 36.3. The Hall–Kier alpha value is -11.9. The van der Waals surface area contributed by atoms with Crippen molar-refractivity contribution in [1.82, 2.24) is 75.2 Å². The first-order chi connectivity index (χ1) is 62.0. The second-order valence-electron chi connectivity index (χ2n) is 28.6. The number of aromatic nitrogens is 12. The Morgan fingerprint density at radius 3 is 1.19 bits per heavy atom. The first-order valence-corrected chi connectivity index (χ1v) is 45.2. The fourth-order valence-corrected chi connectivity index (χ4v) is 13.7. The van der Waals surface area contributed by atoms with Gasteiger partial charge in [0.1, 0.15) is 65.3 Å². The number of carbonyl (C=O) groups is 3. The first-order valence-electron chi connectivity index (χ1n) is 40.7. The number of halogens is 4. The Morgan fingerprint density at radius 1 is 0.403 bits per heavy atom. The van der Waals surface area contributed by atoms with Crippen LogP contribution in [-0.4, -0.2) is 235 Å². The molecule has 0 aliphatic rings. The highest BCUT2D eigenvalue weighted by Crippen LogP contribution is 2.38. The zero-order chi connectivity index (χ0) is 92.1. The van der Waals surface area contributed by atoms with Crippen molar-refractivity contribution in [3.63, 3.8) is 0 Å². The summed E-state index contributed by atoms with van der Waals surface area (Å²) in [6.07, 6.45) is 8.65.